The van der Waals surface area contributed by atoms with Crippen molar-refractivity contribution >= 4 is 5.69 Å². The van der Waals surface area contributed by atoms with Crippen molar-refractivity contribution in [2.24, 2.45) is 0 Å². The Bertz CT molecular complexity index is 514. The first-order valence-electron chi connectivity index (χ1n) is 8.00. The summed E-state index contributed by atoms with van der Waals surface area (Å²) in [7, 11) is 1.80. The van der Waals surface area contributed by atoms with Gasteiger partial charge >= 0.3 is 0 Å². The third-order valence-corrected chi connectivity index (χ3v) is 4.87. The molecule has 3 rings (SSSR count). The molecule has 0 atom stereocenters. The SMILES string of the molecule is CNc1cccn([C@H]2CC[C@@H](N3CCOCC3)CC2)c1=O. The van der Waals surface area contributed by atoms with Gasteiger partial charge in [-0.05, 0) is 37.8 Å². The zero-order valence-electron chi connectivity index (χ0n) is 12.8. The number of pyridine rings is 1. The normalized spacial score (nSPS) is 27.5. The molecule has 1 aliphatic heterocycles. The number of nitrogens with one attached hydrogen (secondary N) is 1. The van der Waals surface area contributed by atoms with E-state index in [1.807, 2.05) is 22.9 Å². The van der Waals surface area contributed by atoms with E-state index < -0.39 is 0 Å². The number of aromatic nitrogens is 1. The second-order valence-electron chi connectivity index (χ2n) is 5.99. The van der Waals surface area contributed by atoms with E-state index >= 15 is 0 Å². The molecule has 21 heavy (non-hydrogen) atoms. The first kappa shape index (κ1) is 14.6. The van der Waals surface area contributed by atoms with Crippen LogP contribution in [0.4, 0.5) is 5.69 Å². The van der Waals surface area contributed by atoms with Crippen LogP contribution in [0.1, 0.15) is 31.7 Å². The maximum atomic E-state index is 12.4. The molecule has 2 fully saturated rings. The van der Waals surface area contributed by atoms with Crippen LogP contribution in [0.25, 0.3) is 0 Å². The van der Waals surface area contributed by atoms with Crippen molar-refractivity contribution in [2.45, 2.75) is 37.8 Å². The van der Waals surface area contributed by atoms with Gasteiger partial charge in [0.25, 0.3) is 5.56 Å². The molecule has 2 heterocycles. The Labute approximate surface area is 125 Å². The average Bonchev–Trinajstić information content (AvgIpc) is 2.56. The van der Waals surface area contributed by atoms with E-state index in [1.54, 1.807) is 7.05 Å². The highest BCUT2D eigenvalue weighted by atomic mass is 16.5. The molecule has 0 aromatic carbocycles. The van der Waals surface area contributed by atoms with Gasteiger partial charge in [-0.2, -0.15) is 0 Å². The van der Waals surface area contributed by atoms with E-state index in [9.17, 15) is 4.79 Å². The minimum atomic E-state index is 0.106. The number of hydrogen-bond acceptors (Lipinski definition) is 4. The largest absolute Gasteiger partial charge is 0.384 e. The van der Waals surface area contributed by atoms with Gasteiger partial charge in [0.15, 0.2) is 0 Å². The lowest BCUT2D eigenvalue weighted by molar-refractivity contribution is 0.00535. The Kier molecular flexibility index (Phi) is 4.60. The highest BCUT2D eigenvalue weighted by molar-refractivity contribution is 5.39. The molecular weight excluding hydrogens is 266 g/mol. The van der Waals surface area contributed by atoms with Crippen molar-refractivity contribution < 1.29 is 4.74 Å². The monoisotopic (exact) mass is 291 g/mol. The lowest BCUT2D eigenvalue weighted by Gasteiger charge is -2.39. The summed E-state index contributed by atoms with van der Waals surface area (Å²) in [6, 6.07) is 4.83. The number of ether oxygens (including phenoxy) is 1. The maximum absolute atomic E-state index is 12.4. The Hall–Kier alpha value is -1.33. The van der Waals surface area contributed by atoms with Gasteiger partial charge < -0.3 is 14.6 Å². The van der Waals surface area contributed by atoms with Crippen molar-refractivity contribution in [3.63, 3.8) is 0 Å². The second-order valence-corrected chi connectivity index (χ2v) is 5.99. The molecule has 0 radical (unpaired) electrons. The molecule has 1 saturated heterocycles. The molecule has 1 aliphatic carbocycles. The lowest BCUT2D eigenvalue weighted by atomic mass is 9.89. The molecule has 2 aliphatic rings. The minimum absolute atomic E-state index is 0.106. The van der Waals surface area contributed by atoms with Gasteiger partial charge in [0.05, 0.1) is 13.2 Å². The van der Waals surface area contributed by atoms with Gasteiger partial charge in [0.1, 0.15) is 5.69 Å². The zero-order valence-corrected chi connectivity index (χ0v) is 12.8. The summed E-state index contributed by atoms with van der Waals surface area (Å²) in [5, 5.41) is 2.98. The molecule has 1 saturated carbocycles. The van der Waals surface area contributed by atoms with Crippen molar-refractivity contribution in [1.29, 1.82) is 0 Å². The van der Waals surface area contributed by atoms with Gasteiger partial charge in [-0.1, -0.05) is 0 Å². The van der Waals surface area contributed by atoms with Crippen LogP contribution >= 0.6 is 0 Å². The van der Waals surface area contributed by atoms with Crippen LogP contribution in [0.2, 0.25) is 0 Å². The zero-order chi connectivity index (χ0) is 14.7. The molecular formula is C16H25N3O2. The molecule has 1 aromatic rings. The minimum Gasteiger partial charge on any atom is -0.384 e. The van der Waals surface area contributed by atoms with Crippen LogP contribution in [0.15, 0.2) is 23.1 Å². The summed E-state index contributed by atoms with van der Waals surface area (Å²) >= 11 is 0. The number of hydrogen-bond donors (Lipinski definition) is 1. The first-order chi connectivity index (χ1) is 10.3. The van der Waals surface area contributed by atoms with E-state index in [0.29, 0.717) is 17.8 Å². The molecule has 116 valence electrons. The van der Waals surface area contributed by atoms with Crippen LogP contribution in [0, 0.1) is 0 Å². The Morgan fingerprint density at radius 1 is 1.14 bits per heavy atom. The predicted molar refractivity (Wildman–Crippen MR) is 83.9 cm³/mol. The van der Waals surface area contributed by atoms with Crippen LogP contribution in [0.3, 0.4) is 0 Å². The highest BCUT2D eigenvalue weighted by Crippen LogP contribution is 2.30. The smallest absolute Gasteiger partial charge is 0.274 e. The van der Waals surface area contributed by atoms with Gasteiger partial charge in [-0.25, -0.2) is 0 Å². The Morgan fingerprint density at radius 2 is 1.81 bits per heavy atom. The Morgan fingerprint density at radius 3 is 2.48 bits per heavy atom. The summed E-state index contributed by atoms with van der Waals surface area (Å²) in [6.07, 6.45) is 6.48. The first-order valence-corrected chi connectivity index (χ1v) is 8.00. The predicted octanol–water partition coefficient (Wildman–Crippen LogP) is 1.71. The number of rotatable bonds is 3. The molecule has 0 spiro atoms. The van der Waals surface area contributed by atoms with Crippen molar-refractivity contribution in [1.82, 2.24) is 9.47 Å². The molecule has 0 unspecified atom stereocenters. The second kappa shape index (κ2) is 6.62. The van der Waals surface area contributed by atoms with Crippen molar-refractivity contribution in [3.05, 3.63) is 28.7 Å². The van der Waals surface area contributed by atoms with Gasteiger partial charge in [0, 0.05) is 38.4 Å². The van der Waals surface area contributed by atoms with E-state index in [4.69, 9.17) is 4.74 Å². The maximum Gasteiger partial charge on any atom is 0.274 e. The number of anilines is 1. The summed E-state index contributed by atoms with van der Waals surface area (Å²) in [4.78, 5) is 14.9. The van der Waals surface area contributed by atoms with Crippen LogP contribution in [-0.2, 0) is 4.74 Å². The molecule has 1 aromatic heterocycles. The number of morpholine rings is 1. The van der Waals surface area contributed by atoms with E-state index in [1.165, 1.54) is 12.8 Å². The molecule has 1 N–H and O–H groups in total. The average molecular weight is 291 g/mol. The van der Waals surface area contributed by atoms with Gasteiger partial charge in [-0.15, -0.1) is 0 Å². The van der Waals surface area contributed by atoms with Gasteiger partial charge in [0.2, 0.25) is 0 Å². The third kappa shape index (κ3) is 3.14. The fraction of sp³-hybridized carbons (Fsp3) is 0.688. The van der Waals surface area contributed by atoms with Crippen LogP contribution < -0.4 is 10.9 Å². The quantitative estimate of drug-likeness (QED) is 0.921. The Balaban J connectivity index is 1.64. The standard InChI is InChI=1S/C16H25N3O2/c1-17-15-3-2-8-19(16(15)20)14-6-4-13(5-7-14)18-9-11-21-12-10-18/h2-3,8,13-14,17H,4-7,9-12H2,1H3/t13-,14+. The van der Waals surface area contributed by atoms with Gasteiger partial charge in [-0.3, -0.25) is 9.69 Å². The summed E-state index contributed by atoms with van der Waals surface area (Å²) in [5.41, 5.74) is 0.794. The molecule has 0 bridgehead atoms. The molecule has 0 amide bonds. The highest BCUT2D eigenvalue weighted by Gasteiger charge is 2.28. The fourth-order valence-electron chi connectivity index (χ4n) is 3.63. The third-order valence-electron chi connectivity index (χ3n) is 4.87. The van der Waals surface area contributed by atoms with E-state index in [-0.39, 0.29) is 5.56 Å². The van der Waals surface area contributed by atoms with Crippen molar-refractivity contribution in [2.75, 3.05) is 38.7 Å². The lowest BCUT2D eigenvalue weighted by Crippen LogP contribution is -2.45. The summed E-state index contributed by atoms with van der Waals surface area (Å²) < 4.78 is 7.35. The van der Waals surface area contributed by atoms with E-state index in [2.05, 4.69) is 10.2 Å². The van der Waals surface area contributed by atoms with Crippen LogP contribution in [-0.4, -0.2) is 48.9 Å². The summed E-state index contributed by atoms with van der Waals surface area (Å²) in [6.45, 7) is 3.85. The van der Waals surface area contributed by atoms with E-state index in [0.717, 1.165) is 39.1 Å². The van der Waals surface area contributed by atoms with Crippen LogP contribution in [0.5, 0.6) is 0 Å². The van der Waals surface area contributed by atoms with Crippen molar-refractivity contribution in [3.8, 4) is 0 Å². The summed E-state index contributed by atoms with van der Waals surface area (Å²) in [5.74, 6) is 0. The molecule has 5 nitrogen and oxygen atoms in total. The molecule has 5 heteroatoms. The number of nitrogens with zero attached hydrogens (tertiary/aromatic N) is 2. The topological polar surface area (TPSA) is 46.5 Å². The fourth-order valence-corrected chi connectivity index (χ4v) is 3.63.